The van der Waals surface area contributed by atoms with Gasteiger partial charge in [0.2, 0.25) is 0 Å². The summed E-state index contributed by atoms with van der Waals surface area (Å²) in [5, 5.41) is 0. The van der Waals surface area contributed by atoms with Crippen molar-refractivity contribution in [1.82, 2.24) is 0 Å². The Hall–Kier alpha value is -1.76. The maximum atomic E-state index is 5.58. The zero-order chi connectivity index (χ0) is 19.2. The average molecular weight is 437 g/mol. The molecular formula is C21H29BrN2O3+2. The number of quaternary nitrogens is 2. The quantitative estimate of drug-likeness (QED) is 0.678. The minimum Gasteiger partial charge on any atom is -0.496 e. The second-order valence-electron chi connectivity index (χ2n) is 6.98. The third-order valence-corrected chi connectivity index (χ3v) is 5.88. The molecule has 0 radical (unpaired) electrons. The Balaban J connectivity index is 1.56. The van der Waals surface area contributed by atoms with Crippen LogP contribution in [-0.4, -0.2) is 47.5 Å². The summed E-state index contributed by atoms with van der Waals surface area (Å²) in [4.78, 5) is 3.23. The van der Waals surface area contributed by atoms with E-state index in [0.29, 0.717) is 0 Å². The van der Waals surface area contributed by atoms with Gasteiger partial charge in [-0.1, -0.05) is 6.07 Å². The Labute approximate surface area is 169 Å². The van der Waals surface area contributed by atoms with Crippen molar-refractivity contribution >= 4 is 15.9 Å². The monoisotopic (exact) mass is 436 g/mol. The van der Waals surface area contributed by atoms with Gasteiger partial charge in [0.05, 0.1) is 31.4 Å². The predicted octanol–water partition coefficient (Wildman–Crippen LogP) is 0.959. The molecule has 0 amide bonds. The smallest absolute Gasteiger partial charge is 0.169 e. The number of hydrogen-bond acceptors (Lipinski definition) is 3. The van der Waals surface area contributed by atoms with Crippen LogP contribution in [0.25, 0.3) is 0 Å². The lowest BCUT2D eigenvalue weighted by atomic mass is 10.1. The normalized spacial score (nSPS) is 19.6. The highest BCUT2D eigenvalue weighted by Gasteiger charge is 2.25. The SMILES string of the molecule is COc1ccc(C[NH+]2CC[NH+](Cc3cccc(OC)c3OC)CC2)cc1Br. The van der Waals surface area contributed by atoms with Gasteiger partial charge in [-0.3, -0.25) is 0 Å². The van der Waals surface area contributed by atoms with Crippen LogP contribution in [0.2, 0.25) is 0 Å². The summed E-state index contributed by atoms with van der Waals surface area (Å²) in [6.07, 6.45) is 0. The molecule has 1 aliphatic rings. The molecule has 3 rings (SSSR count). The van der Waals surface area contributed by atoms with Crippen molar-refractivity contribution < 1.29 is 24.0 Å². The first-order chi connectivity index (χ1) is 13.1. The van der Waals surface area contributed by atoms with Gasteiger partial charge in [0.1, 0.15) is 45.0 Å². The topological polar surface area (TPSA) is 36.6 Å². The number of methoxy groups -OCH3 is 3. The van der Waals surface area contributed by atoms with E-state index in [1.54, 1.807) is 31.1 Å². The molecule has 146 valence electrons. The Kier molecular flexibility index (Phi) is 6.99. The van der Waals surface area contributed by atoms with Crippen molar-refractivity contribution in [2.24, 2.45) is 0 Å². The summed E-state index contributed by atoms with van der Waals surface area (Å²) < 4.78 is 17.3. The van der Waals surface area contributed by atoms with Crippen molar-refractivity contribution in [1.29, 1.82) is 0 Å². The second kappa shape index (κ2) is 9.44. The molecule has 0 aliphatic carbocycles. The molecule has 0 unspecified atom stereocenters. The maximum absolute atomic E-state index is 5.58. The van der Waals surface area contributed by atoms with E-state index in [2.05, 4.69) is 34.1 Å². The lowest BCUT2D eigenvalue weighted by Crippen LogP contribution is -3.27. The number of benzene rings is 2. The minimum absolute atomic E-state index is 0.809. The van der Waals surface area contributed by atoms with Crippen LogP contribution in [-0.2, 0) is 13.1 Å². The zero-order valence-corrected chi connectivity index (χ0v) is 17.9. The van der Waals surface area contributed by atoms with Gasteiger partial charge in [0.25, 0.3) is 0 Å². The van der Waals surface area contributed by atoms with E-state index >= 15 is 0 Å². The first kappa shape index (κ1) is 20.0. The molecule has 1 heterocycles. The van der Waals surface area contributed by atoms with Crippen LogP contribution in [0.1, 0.15) is 11.1 Å². The summed E-state index contributed by atoms with van der Waals surface area (Å²) in [6.45, 7) is 6.69. The highest BCUT2D eigenvalue weighted by atomic mass is 79.9. The third kappa shape index (κ3) is 4.94. The first-order valence-electron chi connectivity index (χ1n) is 9.34. The molecule has 27 heavy (non-hydrogen) atoms. The van der Waals surface area contributed by atoms with E-state index in [1.807, 2.05) is 18.2 Å². The van der Waals surface area contributed by atoms with E-state index in [-0.39, 0.29) is 0 Å². The molecule has 1 saturated heterocycles. The van der Waals surface area contributed by atoms with E-state index in [9.17, 15) is 0 Å². The van der Waals surface area contributed by atoms with Crippen LogP contribution >= 0.6 is 15.9 Å². The Bertz CT molecular complexity index is 761. The largest absolute Gasteiger partial charge is 0.496 e. The van der Waals surface area contributed by atoms with Crippen molar-refractivity contribution in [3.05, 3.63) is 52.0 Å². The van der Waals surface area contributed by atoms with Gasteiger partial charge in [-0.25, -0.2) is 0 Å². The van der Waals surface area contributed by atoms with Gasteiger partial charge >= 0.3 is 0 Å². The molecular weight excluding hydrogens is 408 g/mol. The molecule has 1 fully saturated rings. The lowest BCUT2D eigenvalue weighted by molar-refractivity contribution is -1.02. The summed E-state index contributed by atoms with van der Waals surface area (Å²) in [6, 6.07) is 12.5. The fourth-order valence-electron chi connectivity index (χ4n) is 3.78. The zero-order valence-electron chi connectivity index (χ0n) is 16.3. The molecule has 5 nitrogen and oxygen atoms in total. The van der Waals surface area contributed by atoms with Crippen molar-refractivity contribution in [2.75, 3.05) is 47.5 Å². The standard InChI is InChI=1S/C21H27BrN2O3/c1-25-19-8-7-16(13-18(19)22)14-23-9-11-24(12-10-23)15-17-5-4-6-20(26-2)21(17)27-3/h4-8,13H,9-12,14-15H2,1-3H3/p+2. The van der Waals surface area contributed by atoms with Crippen molar-refractivity contribution in [3.8, 4) is 17.2 Å². The fourth-order valence-corrected chi connectivity index (χ4v) is 4.37. The first-order valence-corrected chi connectivity index (χ1v) is 10.1. The van der Waals surface area contributed by atoms with Gasteiger partial charge in [-0.05, 0) is 46.3 Å². The summed E-state index contributed by atoms with van der Waals surface area (Å²) in [5.41, 5.74) is 2.56. The van der Waals surface area contributed by atoms with Gasteiger partial charge in [-0.2, -0.15) is 0 Å². The van der Waals surface area contributed by atoms with Crippen LogP contribution in [0.15, 0.2) is 40.9 Å². The minimum atomic E-state index is 0.809. The molecule has 6 heteroatoms. The second-order valence-corrected chi connectivity index (χ2v) is 7.83. The molecule has 0 bridgehead atoms. The number of para-hydroxylation sites is 1. The highest BCUT2D eigenvalue weighted by Crippen LogP contribution is 2.30. The maximum Gasteiger partial charge on any atom is 0.169 e. The summed E-state index contributed by atoms with van der Waals surface area (Å²) in [7, 11) is 5.10. The molecule has 2 N–H and O–H groups in total. The number of piperazine rings is 1. The molecule has 0 atom stereocenters. The van der Waals surface area contributed by atoms with Crippen LogP contribution < -0.4 is 24.0 Å². The van der Waals surface area contributed by atoms with Crippen LogP contribution in [0.3, 0.4) is 0 Å². The van der Waals surface area contributed by atoms with Crippen molar-refractivity contribution in [3.63, 3.8) is 0 Å². The van der Waals surface area contributed by atoms with E-state index in [4.69, 9.17) is 14.2 Å². The number of nitrogens with one attached hydrogen (secondary N) is 2. The predicted molar refractivity (Wildman–Crippen MR) is 109 cm³/mol. The highest BCUT2D eigenvalue weighted by molar-refractivity contribution is 9.10. The van der Waals surface area contributed by atoms with E-state index < -0.39 is 0 Å². The van der Waals surface area contributed by atoms with Gasteiger partial charge in [-0.15, -0.1) is 0 Å². The molecule has 0 aromatic heterocycles. The lowest BCUT2D eigenvalue weighted by Gasteiger charge is -2.30. The van der Waals surface area contributed by atoms with Crippen LogP contribution in [0.5, 0.6) is 17.2 Å². The Morgan fingerprint density at radius 2 is 1.48 bits per heavy atom. The molecule has 1 aliphatic heterocycles. The fraction of sp³-hybridized carbons (Fsp3) is 0.429. The Morgan fingerprint density at radius 1 is 0.815 bits per heavy atom. The molecule has 2 aromatic carbocycles. The van der Waals surface area contributed by atoms with Gasteiger partial charge in [0.15, 0.2) is 11.5 Å². The van der Waals surface area contributed by atoms with E-state index in [0.717, 1.165) is 47.9 Å². The van der Waals surface area contributed by atoms with Gasteiger partial charge < -0.3 is 24.0 Å². The molecule has 0 spiro atoms. The summed E-state index contributed by atoms with van der Waals surface area (Å²) in [5.74, 6) is 2.56. The molecule has 0 saturated carbocycles. The average Bonchev–Trinajstić information content (AvgIpc) is 2.69. The number of halogens is 1. The number of ether oxygens (including phenoxy) is 3. The van der Waals surface area contributed by atoms with Gasteiger partial charge in [0, 0.05) is 5.56 Å². The molecule has 2 aromatic rings. The Morgan fingerprint density at radius 3 is 2.07 bits per heavy atom. The van der Waals surface area contributed by atoms with Crippen LogP contribution in [0, 0.1) is 0 Å². The van der Waals surface area contributed by atoms with Crippen molar-refractivity contribution in [2.45, 2.75) is 13.1 Å². The summed E-state index contributed by atoms with van der Waals surface area (Å²) >= 11 is 3.58. The number of rotatable bonds is 7. The number of hydrogen-bond donors (Lipinski definition) is 2. The van der Waals surface area contributed by atoms with E-state index in [1.165, 1.54) is 24.2 Å². The van der Waals surface area contributed by atoms with Crippen LogP contribution in [0.4, 0.5) is 0 Å². The third-order valence-electron chi connectivity index (χ3n) is 5.26.